The second-order valence-corrected chi connectivity index (χ2v) is 7.02. The minimum absolute atomic E-state index is 0.0647. The Bertz CT molecular complexity index is 1070. The zero-order valence-corrected chi connectivity index (χ0v) is 15.4. The van der Waals surface area contributed by atoms with Gasteiger partial charge in [-0.25, -0.2) is 13.2 Å². The van der Waals surface area contributed by atoms with Gasteiger partial charge in [0, 0.05) is 25.1 Å². The highest BCUT2D eigenvalue weighted by atomic mass is 19.2. The minimum Gasteiger partial charge on any atom is -0.331 e. The van der Waals surface area contributed by atoms with Crippen molar-refractivity contribution in [1.82, 2.24) is 19.7 Å². The van der Waals surface area contributed by atoms with Gasteiger partial charge in [-0.05, 0) is 29.7 Å². The van der Waals surface area contributed by atoms with Crippen LogP contribution in [0.5, 0.6) is 0 Å². The largest absolute Gasteiger partial charge is 0.331 e. The van der Waals surface area contributed by atoms with Crippen molar-refractivity contribution >= 4 is 5.91 Å². The lowest BCUT2D eigenvalue weighted by molar-refractivity contribution is -0.132. The van der Waals surface area contributed by atoms with Crippen LogP contribution in [0.3, 0.4) is 0 Å². The van der Waals surface area contributed by atoms with E-state index in [1.54, 1.807) is 11.2 Å². The van der Waals surface area contributed by atoms with Crippen molar-refractivity contribution in [3.8, 4) is 5.69 Å². The van der Waals surface area contributed by atoms with Crippen molar-refractivity contribution in [2.24, 2.45) is 5.73 Å². The van der Waals surface area contributed by atoms with Crippen LogP contribution in [-0.4, -0.2) is 31.6 Å². The molecule has 0 aliphatic carbocycles. The molecule has 1 aliphatic heterocycles. The zero-order valence-electron chi connectivity index (χ0n) is 15.4. The first kappa shape index (κ1) is 19.1. The summed E-state index contributed by atoms with van der Waals surface area (Å²) in [4.78, 5) is 14.5. The number of rotatable bonds is 4. The highest BCUT2D eigenvalue weighted by molar-refractivity contribution is 5.77. The Hall–Kier alpha value is -3.20. The van der Waals surface area contributed by atoms with E-state index in [1.165, 1.54) is 0 Å². The number of nitrogens with zero attached hydrogens (tertiary/aromatic N) is 4. The van der Waals surface area contributed by atoms with Crippen LogP contribution in [0, 0.1) is 17.5 Å². The van der Waals surface area contributed by atoms with E-state index in [0.717, 1.165) is 17.3 Å². The Morgan fingerprint density at radius 2 is 1.86 bits per heavy atom. The summed E-state index contributed by atoms with van der Waals surface area (Å²) in [5.74, 6) is -2.93. The van der Waals surface area contributed by atoms with E-state index >= 15 is 0 Å². The molecule has 3 aromatic rings. The summed E-state index contributed by atoms with van der Waals surface area (Å²) in [6.45, 7) is 0.615. The molecule has 0 unspecified atom stereocenters. The van der Waals surface area contributed by atoms with Gasteiger partial charge in [0.15, 0.2) is 17.5 Å². The summed E-state index contributed by atoms with van der Waals surface area (Å²) < 4.78 is 42.2. The Labute approximate surface area is 164 Å². The summed E-state index contributed by atoms with van der Waals surface area (Å²) in [5, 5.41) is 8.01. The van der Waals surface area contributed by atoms with Gasteiger partial charge in [0.05, 0.1) is 12.2 Å². The molecule has 0 spiro atoms. The van der Waals surface area contributed by atoms with Crippen LogP contribution in [0.1, 0.15) is 23.4 Å². The smallest absolute Gasteiger partial charge is 0.224 e. The average molecular weight is 401 g/mol. The predicted molar refractivity (Wildman–Crippen MR) is 98.2 cm³/mol. The molecular weight excluding hydrogens is 383 g/mol. The van der Waals surface area contributed by atoms with Gasteiger partial charge in [-0.15, -0.1) is 10.2 Å². The Morgan fingerprint density at radius 1 is 1.10 bits per heavy atom. The lowest BCUT2D eigenvalue weighted by Crippen LogP contribution is -2.36. The molecule has 1 aromatic heterocycles. The molecule has 0 bridgehead atoms. The number of benzene rings is 2. The lowest BCUT2D eigenvalue weighted by atomic mass is 10.0. The Kier molecular flexibility index (Phi) is 5.06. The topological polar surface area (TPSA) is 77.0 Å². The summed E-state index contributed by atoms with van der Waals surface area (Å²) in [6, 6.07) is 8.13. The zero-order chi connectivity index (χ0) is 20.5. The molecule has 1 aliphatic rings. The third-order valence-corrected chi connectivity index (χ3v) is 4.92. The predicted octanol–water partition coefficient (Wildman–Crippen LogP) is 2.49. The summed E-state index contributed by atoms with van der Waals surface area (Å²) in [7, 11) is 0. The monoisotopic (exact) mass is 401 g/mol. The van der Waals surface area contributed by atoms with Crippen LogP contribution in [0.4, 0.5) is 13.2 Å². The van der Waals surface area contributed by atoms with Crippen molar-refractivity contribution in [1.29, 1.82) is 0 Å². The molecule has 0 saturated carbocycles. The molecule has 0 saturated heterocycles. The number of para-hydroxylation sites is 1. The maximum absolute atomic E-state index is 13.9. The van der Waals surface area contributed by atoms with Crippen molar-refractivity contribution in [3.63, 3.8) is 0 Å². The SMILES string of the molecule is N[C@@H](CC(=O)N1Cc2ccccc2-n2cnnc2C1)Cc1cc(F)c(F)cc1F. The van der Waals surface area contributed by atoms with Gasteiger partial charge < -0.3 is 10.6 Å². The highest BCUT2D eigenvalue weighted by Crippen LogP contribution is 2.24. The summed E-state index contributed by atoms with van der Waals surface area (Å²) in [6.07, 6.45) is 1.43. The van der Waals surface area contributed by atoms with Crippen LogP contribution in [-0.2, 0) is 24.3 Å². The van der Waals surface area contributed by atoms with Gasteiger partial charge in [-0.3, -0.25) is 9.36 Å². The molecule has 0 radical (unpaired) electrons. The van der Waals surface area contributed by atoms with Gasteiger partial charge in [-0.2, -0.15) is 0 Å². The number of hydrogen-bond donors (Lipinski definition) is 1. The maximum Gasteiger partial charge on any atom is 0.224 e. The third-order valence-electron chi connectivity index (χ3n) is 4.92. The van der Waals surface area contributed by atoms with Crippen LogP contribution in [0.15, 0.2) is 42.7 Å². The molecule has 2 heterocycles. The maximum atomic E-state index is 13.9. The molecular formula is C20H18F3N5O. The molecule has 9 heteroatoms. The van der Waals surface area contributed by atoms with Crippen molar-refractivity contribution in [2.75, 3.05) is 0 Å². The fourth-order valence-corrected chi connectivity index (χ4v) is 3.48. The number of nitrogens with two attached hydrogens (primary N) is 1. The molecule has 2 N–H and O–H groups in total. The minimum atomic E-state index is -1.26. The first-order chi connectivity index (χ1) is 13.9. The van der Waals surface area contributed by atoms with E-state index in [4.69, 9.17) is 5.73 Å². The third kappa shape index (κ3) is 3.86. The van der Waals surface area contributed by atoms with Crippen LogP contribution >= 0.6 is 0 Å². The second-order valence-electron chi connectivity index (χ2n) is 7.02. The van der Waals surface area contributed by atoms with E-state index in [0.29, 0.717) is 18.4 Å². The summed E-state index contributed by atoms with van der Waals surface area (Å²) in [5.41, 5.74) is 7.78. The number of fused-ring (bicyclic) bond motifs is 3. The molecule has 1 atom stereocenters. The lowest BCUT2D eigenvalue weighted by Gasteiger charge is -2.22. The van der Waals surface area contributed by atoms with Crippen molar-refractivity contribution in [2.45, 2.75) is 32.0 Å². The molecule has 6 nitrogen and oxygen atoms in total. The molecule has 150 valence electrons. The first-order valence-electron chi connectivity index (χ1n) is 9.06. The van der Waals surface area contributed by atoms with E-state index in [1.807, 2.05) is 28.8 Å². The van der Waals surface area contributed by atoms with Crippen LogP contribution in [0.25, 0.3) is 5.69 Å². The number of amides is 1. The van der Waals surface area contributed by atoms with Gasteiger partial charge in [0.2, 0.25) is 5.91 Å². The van der Waals surface area contributed by atoms with Gasteiger partial charge >= 0.3 is 0 Å². The Morgan fingerprint density at radius 3 is 2.69 bits per heavy atom. The standard InChI is InChI=1S/C20H18F3N5O/c21-15-8-17(23)16(22)6-13(15)5-14(24)7-20(29)27-9-12-3-1-2-4-18(12)28-11-25-26-19(28)10-27/h1-4,6,8,11,14H,5,7,9-10,24H2/t14-/m1/s1. The molecule has 4 rings (SSSR count). The normalized spacial score (nSPS) is 14.1. The van der Waals surface area contributed by atoms with Crippen molar-refractivity contribution in [3.05, 3.63) is 77.1 Å². The fraction of sp³-hybridized carbons (Fsp3) is 0.250. The van der Waals surface area contributed by atoms with E-state index in [9.17, 15) is 18.0 Å². The number of hydrogen-bond acceptors (Lipinski definition) is 4. The number of halogens is 3. The second kappa shape index (κ2) is 7.67. The fourth-order valence-electron chi connectivity index (χ4n) is 3.48. The quantitative estimate of drug-likeness (QED) is 0.682. The van der Waals surface area contributed by atoms with Gasteiger partial charge in [0.25, 0.3) is 0 Å². The molecule has 1 amide bonds. The van der Waals surface area contributed by atoms with Gasteiger partial charge in [-0.1, -0.05) is 18.2 Å². The average Bonchev–Trinajstić information content (AvgIpc) is 3.07. The summed E-state index contributed by atoms with van der Waals surface area (Å²) >= 11 is 0. The molecule has 29 heavy (non-hydrogen) atoms. The highest BCUT2D eigenvalue weighted by Gasteiger charge is 2.25. The van der Waals surface area contributed by atoms with Crippen LogP contribution < -0.4 is 5.73 Å². The van der Waals surface area contributed by atoms with E-state index < -0.39 is 23.5 Å². The Balaban J connectivity index is 1.50. The van der Waals surface area contributed by atoms with Gasteiger partial charge in [0.1, 0.15) is 12.1 Å². The molecule has 2 aromatic carbocycles. The van der Waals surface area contributed by atoms with E-state index in [-0.39, 0.29) is 30.9 Å². The molecule has 0 fully saturated rings. The van der Waals surface area contributed by atoms with Crippen LogP contribution in [0.2, 0.25) is 0 Å². The number of carbonyl (C=O) groups is 1. The number of carbonyl (C=O) groups excluding carboxylic acids is 1. The first-order valence-corrected chi connectivity index (χ1v) is 9.06. The van der Waals surface area contributed by atoms with E-state index in [2.05, 4.69) is 10.2 Å². The van der Waals surface area contributed by atoms with Crippen molar-refractivity contribution < 1.29 is 18.0 Å². The number of aromatic nitrogens is 3.